The Morgan fingerprint density at radius 3 is 2.61 bits per heavy atom. The van der Waals surface area contributed by atoms with E-state index < -0.39 is 17.4 Å². The van der Waals surface area contributed by atoms with Crippen molar-refractivity contribution >= 4 is 52.2 Å². The predicted molar refractivity (Wildman–Crippen MR) is 138 cm³/mol. The number of rotatable bonds is 6. The molecule has 0 bridgehead atoms. The van der Waals surface area contributed by atoms with Crippen LogP contribution < -0.4 is 15.5 Å². The maximum atomic E-state index is 14.2. The van der Waals surface area contributed by atoms with Gasteiger partial charge < -0.3 is 15.4 Å². The predicted octanol–water partition coefficient (Wildman–Crippen LogP) is 4.29. The maximum absolute atomic E-state index is 14.2. The molecule has 1 spiro atoms. The van der Waals surface area contributed by atoms with E-state index in [1.807, 2.05) is 30.3 Å². The topological polar surface area (TPSA) is 87.7 Å². The third-order valence-corrected chi connectivity index (χ3v) is 6.99. The fraction of sp³-hybridized carbons (Fsp3) is 0.222. The zero-order chi connectivity index (χ0) is 25.4. The van der Waals surface area contributed by atoms with Crippen LogP contribution in [0.2, 0.25) is 5.02 Å². The molecule has 0 aromatic heterocycles. The Kier molecular flexibility index (Phi) is 6.36. The molecule has 7 nitrogen and oxygen atoms in total. The first-order valence-electron chi connectivity index (χ1n) is 11.6. The van der Waals surface area contributed by atoms with Crippen molar-refractivity contribution in [2.45, 2.75) is 25.3 Å². The van der Waals surface area contributed by atoms with E-state index in [0.29, 0.717) is 45.4 Å². The highest BCUT2D eigenvalue weighted by atomic mass is 35.5. The van der Waals surface area contributed by atoms with Crippen LogP contribution >= 0.6 is 23.2 Å². The molecule has 2 heterocycles. The fourth-order valence-corrected chi connectivity index (χ4v) is 5.51. The Labute approximate surface area is 218 Å². The fourth-order valence-electron chi connectivity index (χ4n) is 5.12. The van der Waals surface area contributed by atoms with Crippen LogP contribution in [0.4, 0.5) is 5.69 Å². The number of nitrogens with zero attached hydrogens (tertiary/aromatic N) is 1. The van der Waals surface area contributed by atoms with Crippen LogP contribution in [0.5, 0.6) is 0 Å². The molecule has 2 N–H and O–H groups in total. The summed E-state index contributed by atoms with van der Waals surface area (Å²) in [4.78, 5) is 41.9. The molecule has 1 aliphatic carbocycles. The largest absolute Gasteiger partial charge is 0.465 e. The molecule has 2 aromatic carbocycles. The number of halogens is 2. The lowest BCUT2D eigenvalue weighted by Gasteiger charge is -2.38. The molecule has 9 heteroatoms. The van der Waals surface area contributed by atoms with Gasteiger partial charge in [0.05, 0.1) is 6.61 Å². The molecule has 0 radical (unpaired) electrons. The maximum Gasteiger partial charge on any atom is 0.325 e. The Morgan fingerprint density at radius 2 is 1.89 bits per heavy atom. The minimum Gasteiger partial charge on any atom is -0.465 e. The first kappa shape index (κ1) is 24.2. The number of carbonyl (C=O) groups is 3. The molecule has 36 heavy (non-hydrogen) atoms. The average Bonchev–Trinajstić information content (AvgIpc) is 3.28. The summed E-state index contributed by atoms with van der Waals surface area (Å²) in [5.41, 5.74) is 1.56. The Bertz CT molecular complexity index is 1370. The lowest BCUT2D eigenvalue weighted by atomic mass is 9.76. The van der Waals surface area contributed by atoms with Gasteiger partial charge in [0.2, 0.25) is 0 Å². The van der Waals surface area contributed by atoms with Crippen molar-refractivity contribution < 1.29 is 19.1 Å². The number of allylic oxidation sites excluding steroid dienone is 2. The number of esters is 1. The Hall–Kier alpha value is -3.55. The zero-order valence-corrected chi connectivity index (χ0v) is 20.9. The third kappa shape index (κ3) is 3.79. The summed E-state index contributed by atoms with van der Waals surface area (Å²) in [7, 11) is 0. The molecule has 1 unspecified atom stereocenters. The molecular formula is C27H23Cl2N3O4. The third-order valence-electron chi connectivity index (χ3n) is 6.46. The van der Waals surface area contributed by atoms with Crippen molar-refractivity contribution in [2.24, 2.45) is 0 Å². The van der Waals surface area contributed by atoms with Crippen molar-refractivity contribution in [3.8, 4) is 0 Å². The van der Waals surface area contributed by atoms with E-state index in [9.17, 15) is 14.4 Å². The molecule has 2 aliphatic heterocycles. The summed E-state index contributed by atoms with van der Waals surface area (Å²) in [5, 5.41) is 6.99. The molecule has 184 valence electrons. The van der Waals surface area contributed by atoms with E-state index in [0.717, 1.165) is 5.57 Å². The van der Waals surface area contributed by atoms with Gasteiger partial charge in [-0.1, -0.05) is 59.6 Å². The van der Waals surface area contributed by atoms with Crippen molar-refractivity contribution in [2.75, 3.05) is 18.1 Å². The lowest BCUT2D eigenvalue weighted by molar-refractivity contribution is -0.141. The van der Waals surface area contributed by atoms with Crippen LogP contribution in [-0.4, -0.2) is 36.5 Å². The molecule has 2 amide bonds. The number of hydrogen-bond acceptors (Lipinski definition) is 5. The molecule has 1 atom stereocenters. The number of anilines is 1. The number of ether oxygens (including phenoxy) is 1. The Balaban J connectivity index is 1.79. The molecule has 3 aliphatic rings. The van der Waals surface area contributed by atoms with E-state index in [1.54, 1.807) is 37.3 Å². The zero-order valence-electron chi connectivity index (χ0n) is 19.4. The quantitative estimate of drug-likeness (QED) is 0.551. The standard InChI is InChI=1S/C27H23Cl2N3O4/c1-2-36-22(33)15-30-24-23(16-7-4-3-5-8-16)27(20-12-11-18(29)14-21(20)31-26(27)35)32(25(24)34)19-10-6-9-17(28)13-19/h3-10,13-14,30H,2,11-12,15H2,1H3,(H,31,35). The molecule has 5 rings (SSSR count). The number of amides is 2. The lowest BCUT2D eigenvalue weighted by Crippen LogP contribution is -2.55. The first-order chi connectivity index (χ1) is 17.4. The molecule has 0 saturated heterocycles. The van der Waals surface area contributed by atoms with Crippen molar-refractivity contribution in [1.82, 2.24) is 10.6 Å². The summed E-state index contributed by atoms with van der Waals surface area (Å²) < 4.78 is 5.06. The van der Waals surface area contributed by atoms with Gasteiger partial charge in [0.25, 0.3) is 11.8 Å². The van der Waals surface area contributed by atoms with Crippen LogP contribution in [0, 0.1) is 0 Å². The second kappa shape index (κ2) is 9.48. The van der Waals surface area contributed by atoms with E-state index in [4.69, 9.17) is 27.9 Å². The number of carbonyl (C=O) groups excluding carboxylic acids is 3. The van der Waals surface area contributed by atoms with Crippen LogP contribution in [0.15, 0.2) is 82.7 Å². The molecule has 0 saturated carbocycles. The van der Waals surface area contributed by atoms with Crippen molar-refractivity contribution in [3.05, 3.63) is 93.3 Å². The van der Waals surface area contributed by atoms with Gasteiger partial charge >= 0.3 is 5.97 Å². The first-order valence-corrected chi connectivity index (χ1v) is 12.3. The smallest absolute Gasteiger partial charge is 0.325 e. The van der Waals surface area contributed by atoms with Gasteiger partial charge in [-0.3, -0.25) is 19.3 Å². The van der Waals surface area contributed by atoms with Gasteiger partial charge in [0, 0.05) is 27.0 Å². The summed E-state index contributed by atoms with van der Waals surface area (Å²) in [6, 6.07) is 16.0. The van der Waals surface area contributed by atoms with E-state index in [2.05, 4.69) is 10.6 Å². The highest BCUT2D eigenvalue weighted by Gasteiger charge is 2.63. The summed E-state index contributed by atoms with van der Waals surface area (Å²) in [5.74, 6) is -1.34. The van der Waals surface area contributed by atoms with Gasteiger partial charge in [-0.2, -0.15) is 0 Å². The summed E-state index contributed by atoms with van der Waals surface area (Å²) >= 11 is 12.6. The van der Waals surface area contributed by atoms with Crippen LogP contribution in [0.1, 0.15) is 25.3 Å². The number of hydrogen-bond donors (Lipinski definition) is 2. The monoisotopic (exact) mass is 523 g/mol. The molecular weight excluding hydrogens is 501 g/mol. The molecule has 2 aromatic rings. The van der Waals surface area contributed by atoms with Crippen LogP contribution in [0.3, 0.4) is 0 Å². The number of nitrogens with one attached hydrogen (secondary N) is 2. The second-order valence-electron chi connectivity index (χ2n) is 8.54. The van der Waals surface area contributed by atoms with Gasteiger partial charge in [0.15, 0.2) is 5.54 Å². The van der Waals surface area contributed by atoms with E-state index in [-0.39, 0.29) is 24.8 Å². The normalized spacial score (nSPS) is 21.1. The van der Waals surface area contributed by atoms with Crippen molar-refractivity contribution in [1.29, 1.82) is 0 Å². The van der Waals surface area contributed by atoms with E-state index >= 15 is 0 Å². The SMILES string of the molecule is CCOC(=O)CNC1=C(c2ccccc2)C2(C(=O)NC3=C2CCC(Cl)=C3)N(c2cccc(Cl)c2)C1=O. The summed E-state index contributed by atoms with van der Waals surface area (Å²) in [6.07, 6.45) is 2.73. The number of fused-ring (bicyclic) bond motifs is 1. The minimum atomic E-state index is -1.50. The number of benzene rings is 2. The van der Waals surface area contributed by atoms with Crippen molar-refractivity contribution in [3.63, 3.8) is 0 Å². The average molecular weight is 524 g/mol. The van der Waals surface area contributed by atoms with Crippen LogP contribution in [0.25, 0.3) is 5.57 Å². The second-order valence-corrected chi connectivity index (χ2v) is 9.46. The molecule has 0 fully saturated rings. The van der Waals surface area contributed by atoms with Crippen LogP contribution in [-0.2, 0) is 19.1 Å². The summed E-state index contributed by atoms with van der Waals surface area (Å²) in [6.45, 7) is 1.69. The van der Waals surface area contributed by atoms with Gasteiger partial charge in [-0.25, -0.2) is 0 Å². The minimum absolute atomic E-state index is 0.152. The Morgan fingerprint density at radius 1 is 1.11 bits per heavy atom. The van der Waals surface area contributed by atoms with E-state index in [1.165, 1.54) is 4.90 Å². The van der Waals surface area contributed by atoms with Gasteiger partial charge in [-0.15, -0.1) is 0 Å². The highest BCUT2D eigenvalue weighted by Crippen LogP contribution is 2.53. The highest BCUT2D eigenvalue weighted by molar-refractivity contribution is 6.33. The van der Waals surface area contributed by atoms with Gasteiger partial charge in [0.1, 0.15) is 12.2 Å². The van der Waals surface area contributed by atoms with Gasteiger partial charge in [-0.05, 0) is 55.2 Å².